The van der Waals surface area contributed by atoms with Crippen molar-refractivity contribution in [1.82, 2.24) is 0 Å². The Labute approximate surface area is 67.2 Å². The third-order valence-electron chi connectivity index (χ3n) is 1.44. The standard InChI is InChI=1S/C7H7F3N2/c1-12-7-4(11)2-3(8)5(9)6(7)10/h2,12H,11H2,1H3. The summed E-state index contributed by atoms with van der Waals surface area (Å²) in [5, 5.41) is 2.32. The van der Waals surface area contributed by atoms with Gasteiger partial charge in [-0.05, 0) is 0 Å². The van der Waals surface area contributed by atoms with Crippen molar-refractivity contribution >= 4 is 11.4 Å². The van der Waals surface area contributed by atoms with Crippen LogP contribution in [0.25, 0.3) is 0 Å². The summed E-state index contributed by atoms with van der Waals surface area (Å²) in [5.41, 5.74) is 4.81. The third kappa shape index (κ3) is 1.17. The molecule has 0 amide bonds. The molecule has 0 aliphatic heterocycles. The first-order chi connectivity index (χ1) is 5.57. The number of rotatable bonds is 1. The summed E-state index contributed by atoms with van der Waals surface area (Å²) in [6.07, 6.45) is 0. The van der Waals surface area contributed by atoms with Crippen LogP contribution < -0.4 is 11.1 Å². The zero-order valence-electron chi connectivity index (χ0n) is 6.29. The van der Waals surface area contributed by atoms with Crippen molar-refractivity contribution in [3.05, 3.63) is 23.5 Å². The van der Waals surface area contributed by atoms with E-state index in [1.807, 2.05) is 0 Å². The number of nitrogens with one attached hydrogen (secondary N) is 1. The smallest absolute Gasteiger partial charge is 0.196 e. The maximum atomic E-state index is 12.8. The lowest BCUT2D eigenvalue weighted by Crippen LogP contribution is -2.03. The van der Waals surface area contributed by atoms with Crippen molar-refractivity contribution in [3.63, 3.8) is 0 Å². The summed E-state index contributed by atoms with van der Waals surface area (Å²) < 4.78 is 37.7. The lowest BCUT2D eigenvalue weighted by molar-refractivity contribution is 0.450. The van der Waals surface area contributed by atoms with E-state index in [2.05, 4.69) is 5.32 Å². The molecule has 0 bridgehead atoms. The molecular weight excluding hydrogens is 169 g/mol. The summed E-state index contributed by atoms with van der Waals surface area (Å²) in [5.74, 6) is -4.10. The molecule has 5 heteroatoms. The summed E-state index contributed by atoms with van der Waals surface area (Å²) in [7, 11) is 1.37. The minimum absolute atomic E-state index is 0.158. The Morgan fingerprint density at radius 3 is 2.33 bits per heavy atom. The molecule has 1 aromatic carbocycles. The fraction of sp³-hybridized carbons (Fsp3) is 0.143. The highest BCUT2D eigenvalue weighted by Gasteiger charge is 2.15. The van der Waals surface area contributed by atoms with Crippen LogP contribution >= 0.6 is 0 Å². The second kappa shape index (κ2) is 2.92. The topological polar surface area (TPSA) is 38.0 Å². The first-order valence-corrected chi connectivity index (χ1v) is 3.18. The normalized spacial score (nSPS) is 10.0. The lowest BCUT2D eigenvalue weighted by atomic mass is 10.2. The van der Waals surface area contributed by atoms with Gasteiger partial charge in [0.2, 0.25) is 0 Å². The van der Waals surface area contributed by atoms with Gasteiger partial charge in [0, 0.05) is 13.1 Å². The molecule has 0 aliphatic carbocycles. The average Bonchev–Trinajstić information content (AvgIpc) is 2.01. The van der Waals surface area contributed by atoms with E-state index in [0.717, 1.165) is 6.07 Å². The Hall–Kier alpha value is -1.39. The SMILES string of the molecule is CNc1c(N)cc(F)c(F)c1F. The monoisotopic (exact) mass is 176 g/mol. The van der Waals surface area contributed by atoms with E-state index in [-0.39, 0.29) is 11.4 Å². The number of halogens is 3. The van der Waals surface area contributed by atoms with E-state index in [0.29, 0.717) is 0 Å². The molecule has 0 spiro atoms. The van der Waals surface area contributed by atoms with Gasteiger partial charge in [0.25, 0.3) is 0 Å². The highest BCUT2D eigenvalue weighted by atomic mass is 19.2. The van der Waals surface area contributed by atoms with Gasteiger partial charge in [-0.3, -0.25) is 0 Å². The fourth-order valence-corrected chi connectivity index (χ4v) is 0.867. The van der Waals surface area contributed by atoms with Crippen LogP contribution in [0.3, 0.4) is 0 Å². The van der Waals surface area contributed by atoms with Crippen molar-refractivity contribution in [1.29, 1.82) is 0 Å². The van der Waals surface area contributed by atoms with Crippen LogP contribution in [0.1, 0.15) is 0 Å². The maximum absolute atomic E-state index is 12.8. The molecule has 12 heavy (non-hydrogen) atoms. The van der Waals surface area contributed by atoms with Gasteiger partial charge in [-0.1, -0.05) is 0 Å². The number of anilines is 2. The van der Waals surface area contributed by atoms with Crippen LogP contribution in [0.15, 0.2) is 6.07 Å². The van der Waals surface area contributed by atoms with Crippen LogP contribution in [0.5, 0.6) is 0 Å². The van der Waals surface area contributed by atoms with Gasteiger partial charge in [-0.25, -0.2) is 13.2 Å². The first kappa shape index (κ1) is 8.70. The Morgan fingerprint density at radius 2 is 1.83 bits per heavy atom. The first-order valence-electron chi connectivity index (χ1n) is 3.18. The molecule has 3 N–H and O–H groups in total. The van der Waals surface area contributed by atoms with Crippen molar-refractivity contribution in [2.24, 2.45) is 0 Å². The number of hydrogen-bond acceptors (Lipinski definition) is 2. The molecule has 0 fully saturated rings. The molecule has 2 nitrogen and oxygen atoms in total. The predicted octanol–water partition coefficient (Wildman–Crippen LogP) is 1.73. The van der Waals surface area contributed by atoms with Crippen LogP contribution in [0, 0.1) is 17.5 Å². The number of benzene rings is 1. The zero-order valence-corrected chi connectivity index (χ0v) is 6.29. The molecule has 0 aliphatic rings. The van der Waals surface area contributed by atoms with E-state index in [1.165, 1.54) is 7.05 Å². The third-order valence-corrected chi connectivity index (χ3v) is 1.44. The van der Waals surface area contributed by atoms with Gasteiger partial charge in [0.1, 0.15) is 0 Å². The van der Waals surface area contributed by atoms with Gasteiger partial charge < -0.3 is 11.1 Å². The lowest BCUT2D eigenvalue weighted by Gasteiger charge is -2.06. The highest BCUT2D eigenvalue weighted by molar-refractivity contribution is 5.66. The molecule has 1 aromatic rings. The molecule has 0 radical (unpaired) electrons. The fourth-order valence-electron chi connectivity index (χ4n) is 0.867. The number of hydrogen-bond donors (Lipinski definition) is 2. The highest BCUT2D eigenvalue weighted by Crippen LogP contribution is 2.25. The van der Waals surface area contributed by atoms with Crippen molar-refractivity contribution < 1.29 is 13.2 Å². The summed E-state index contributed by atoms with van der Waals surface area (Å²) in [4.78, 5) is 0. The van der Waals surface area contributed by atoms with E-state index >= 15 is 0 Å². The van der Waals surface area contributed by atoms with Crippen LogP contribution in [-0.2, 0) is 0 Å². The van der Waals surface area contributed by atoms with E-state index < -0.39 is 17.5 Å². The molecule has 1 rings (SSSR count). The van der Waals surface area contributed by atoms with Gasteiger partial charge in [-0.2, -0.15) is 0 Å². The predicted molar refractivity (Wildman–Crippen MR) is 40.3 cm³/mol. The Morgan fingerprint density at radius 1 is 1.25 bits per heavy atom. The van der Waals surface area contributed by atoms with Gasteiger partial charge in [-0.15, -0.1) is 0 Å². The van der Waals surface area contributed by atoms with E-state index in [9.17, 15) is 13.2 Å². The van der Waals surface area contributed by atoms with Crippen LogP contribution in [-0.4, -0.2) is 7.05 Å². The number of nitrogens with two attached hydrogens (primary N) is 1. The van der Waals surface area contributed by atoms with E-state index in [4.69, 9.17) is 5.73 Å². The molecular formula is C7H7F3N2. The second-order valence-electron chi connectivity index (χ2n) is 2.20. The zero-order chi connectivity index (χ0) is 9.30. The second-order valence-corrected chi connectivity index (χ2v) is 2.20. The molecule has 0 atom stereocenters. The maximum Gasteiger partial charge on any atom is 0.196 e. The number of nitrogen functional groups attached to an aromatic ring is 1. The van der Waals surface area contributed by atoms with Crippen LogP contribution in [0.4, 0.5) is 24.5 Å². The largest absolute Gasteiger partial charge is 0.397 e. The van der Waals surface area contributed by atoms with Gasteiger partial charge in [0.15, 0.2) is 17.5 Å². The Kier molecular flexibility index (Phi) is 2.12. The summed E-state index contributed by atoms with van der Waals surface area (Å²) in [6.45, 7) is 0. The van der Waals surface area contributed by atoms with Gasteiger partial charge >= 0.3 is 0 Å². The summed E-state index contributed by atoms with van der Waals surface area (Å²) in [6, 6.07) is 0.726. The molecule has 0 heterocycles. The Bertz CT molecular complexity index is 312. The molecule has 0 saturated heterocycles. The van der Waals surface area contributed by atoms with E-state index in [1.54, 1.807) is 0 Å². The van der Waals surface area contributed by atoms with Crippen molar-refractivity contribution in [2.45, 2.75) is 0 Å². The molecule has 0 aromatic heterocycles. The quantitative estimate of drug-likeness (QED) is 0.505. The van der Waals surface area contributed by atoms with Gasteiger partial charge in [0.05, 0.1) is 11.4 Å². The minimum Gasteiger partial charge on any atom is -0.397 e. The molecule has 66 valence electrons. The van der Waals surface area contributed by atoms with Crippen molar-refractivity contribution in [3.8, 4) is 0 Å². The minimum atomic E-state index is -1.52. The van der Waals surface area contributed by atoms with Crippen LogP contribution in [0.2, 0.25) is 0 Å². The Balaban J connectivity index is 3.40. The summed E-state index contributed by atoms with van der Waals surface area (Å²) >= 11 is 0. The van der Waals surface area contributed by atoms with Crippen molar-refractivity contribution in [2.75, 3.05) is 18.1 Å². The average molecular weight is 176 g/mol. The molecule has 0 saturated carbocycles. The molecule has 0 unspecified atom stereocenters.